The van der Waals surface area contributed by atoms with Gasteiger partial charge in [-0.3, -0.25) is 4.90 Å². The van der Waals surface area contributed by atoms with Gasteiger partial charge in [0.1, 0.15) is 11.9 Å². The first kappa shape index (κ1) is 22.5. The predicted molar refractivity (Wildman–Crippen MR) is 126 cm³/mol. The Morgan fingerprint density at radius 2 is 1.75 bits per heavy atom. The van der Waals surface area contributed by atoms with Crippen molar-refractivity contribution in [2.24, 2.45) is 0 Å². The molecule has 3 heterocycles. The second-order valence-electron chi connectivity index (χ2n) is 8.54. The molecule has 1 atom stereocenters. The molecule has 3 aromatic rings. The molecule has 2 aromatic heterocycles. The van der Waals surface area contributed by atoms with Crippen LogP contribution >= 0.6 is 0 Å². The van der Waals surface area contributed by atoms with Gasteiger partial charge in [0.15, 0.2) is 5.65 Å². The van der Waals surface area contributed by atoms with Crippen LogP contribution in [0.5, 0.6) is 6.01 Å². The van der Waals surface area contributed by atoms with E-state index in [1.165, 1.54) is 37.1 Å². The van der Waals surface area contributed by atoms with E-state index in [0.717, 1.165) is 31.2 Å². The van der Waals surface area contributed by atoms with Crippen molar-refractivity contribution in [3.63, 3.8) is 0 Å². The second kappa shape index (κ2) is 10.7. The van der Waals surface area contributed by atoms with Crippen LogP contribution in [0.1, 0.15) is 50.2 Å². The molecule has 1 fully saturated rings. The van der Waals surface area contributed by atoms with Crippen molar-refractivity contribution < 1.29 is 9.47 Å². The lowest BCUT2D eigenvalue weighted by Crippen LogP contribution is -2.20. The number of nitrogens with zero attached hydrogens (tertiary/aromatic N) is 5. The number of nitrogens with two attached hydrogens (primary N) is 1. The number of nitrogen functional groups attached to an aromatic ring is 1. The Bertz CT molecular complexity index is 998. The standard InChI is InChI=1S/C24H34N6O2/c1-3-6-20(11-14-31-2)32-24-27-22(25)21-15-26-30(23(21)28-24)17-19-9-7-18(8-10-19)16-29-12-4-5-13-29/h7-10,15,20H,3-6,11-14,16-17H2,1-2H3,(H2,25,27,28)/t20-/m1/s1. The van der Waals surface area contributed by atoms with Gasteiger partial charge in [-0.25, -0.2) is 4.68 Å². The monoisotopic (exact) mass is 438 g/mol. The van der Waals surface area contributed by atoms with Gasteiger partial charge in [0.05, 0.1) is 18.1 Å². The SMILES string of the molecule is CCC[C@H](CCOC)Oc1nc(N)c2cnn(Cc3ccc(CN4CCCC4)cc3)c2n1. The van der Waals surface area contributed by atoms with E-state index in [1.807, 2.05) is 4.68 Å². The lowest BCUT2D eigenvalue weighted by atomic mass is 10.1. The van der Waals surface area contributed by atoms with Gasteiger partial charge in [-0.1, -0.05) is 37.6 Å². The average molecular weight is 439 g/mol. The molecule has 1 aliphatic heterocycles. The molecule has 1 aliphatic rings. The minimum absolute atomic E-state index is 0.00340. The summed E-state index contributed by atoms with van der Waals surface area (Å²) in [7, 11) is 1.70. The second-order valence-corrected chi connectivity index (χ2v) is 8.54. The van der Waals surface area contributed by atoms with Crippen molar-refractivity contribution in [1.82, 2.24) is 24.6 Å². The summed E-state index contributed by atoms with van der Waals surface area (Å²) >= 11 is 0. The Hall–Kier alpha value is -2.71. The Labute approximate surface area is 189 Å². The van der Waals surface area contributed by atoms with Gasteiger partial charge in [0.2, 0.25) is 0 Å². The first-order valence-corrected chi connectivity index (χ1v) is 11.6. The van der Waals surface area contributed by atoms with E-state index >= 15 is 0 Å². The third-order valence-electron chi connectivity index (χ3n) is 5.99. The summed E-state index contributed by atoms with van der Waals surface area (Å²) in [5, 5.41) is 5.26. The van der Waals surface area contributed by atoms with Gasteiger partial charge in [-0.2, -0.15) is 15.1 Å². The van der Waals surface area contributed by atoms with Crippen LogP contribution in [-0.2, 0) is 17.8 Å². The van der Waals surface area contributed by atoms with E-state index in [9.17, 15) is 0 Å². The largest absolute Gasteiger partial charge is 0.460 e. The highest BCUT2D eigenvalue weighted by Gasteiger charge is 2.16. The van der Waals surface area contributed by atoms with Crippen LogP contribution in [0.2, 0.25) is 0 Å². The topological polar surface area (TPSA) is 91.3 Å². The highest BCUT2D eigenvalue weighted by molar-refractivity contribution is 5.85. The number of rotatable bonds is 11. The highest BCUT2D eigenvalue weighted by atomic mass is 16.5. The van der Waals surface area contributed by atoms with Crippen molar-refractivity contribution >= 4 is 16.9 Å². The first-order chi connectivity index (χ1) is 15.7. The molecule has 0 bridgehead atoms. The third-order valence-corrected chi connectivity index (χ3v) is 5.99. The fraction of sp³-hybridized carbons (Fsp3) is 0.542. The van der Waals surface area contributed by atoms with E-state index in [-0.39, 0.29) is 6.10 Å². The van der Waals surface area contributed by atoms with E-state index in [2.05, 4.69) is 51.2 Å². The quantitative estimate of drug-likeness (QED) is 0.489. The summed E-state index contributed by atoms with van der Waals surface area (Å²) in [6, 6.07) is 9.06. The number of aromatic nitrogens is 4. The number of fused-ring (bicyclic) bond motifs is 1. The number of methoxy groups -OCH3 is 1. The van der Waals surface area contributed by atoms with E-state index in [4.69, 9.17) is 15.2 Å². The zero-order valence-electron chi connectivity index (χ0n) is 19.2. The fourth-order valence-corrected chi connectivity index (χ4v) is 4.23. The Morgan fingerprint density at radius 1 is 1.03 bits per heavy atom. The normalized spacial score (nSPS) is 15.4. The van der Waals surface area contributed by atoms with E-state index in [0.29, 0.717) is 30.6 Å². The molecule has 0 spiro atoms. The molecule has 8 heteroatoms. The van der Waals surface area contributed by atoms with Crippen LogP contribution < -0.4 is 10.5 Å². The number of anilines is 1. The van der Waals surface area contributed by atoms with Crippen LogP contribution in [0.25, 0.3) is 11.0 Å². The van der Waals surface area contributed by atoms with E-state index in [1.54, 1.807) is 13.3 Å². The molecule has 0 saturated carbocycles. The zero-order valence-corrected chi connectivity index (χ0v) is 19.2. The Kier molecular flexibility index (Phi) is 7.55. The molecule has 32 heavy (non-hydrogen) atoms. The summed E-state index contributed by atoms with van der Waals surface area (Å²) in [4.78, 5) is 11.5. The lowest BCUT2D eigenvalue weighted by molar-refractivity contribution is 0.112. The van der Waals surface area contributed by atoms with Gasteiger partial charge in [-0.15, -0.1) is 0 Å². The van der Waals surface area contributed by atoms with Crippen molar-refractivity contribution in [2.45, 2.75) is 58.2 Å². The summed E-state index contributed by atoms with van der Waals surface area (Å²) in [6.07, 6.45) is 7.06. The number of benzene rings is 1. The fourth-order valence-electron chi connectivity index (χ4n) is 4.23. The molecule has 8 nitrogen and oxygen atoms in total. The Balaban J connectivity index is 1.49. The summed E-state index contributed by atoms with van der Waals surface area (Å²) in [5.41, 5.74) is 9.41. The maximum absolute atomic E-state index is 6.20. The maximum atomic E-state index is 6.20. The molecule has 0 aliphatic carbocycles. The average Bonchev–Trinajstić information content (AvgIpc) is 3.44. The summed E-state index contributed by atoms with van der Waals surface area (Å²) < 4.78 is 13.1. The number of likely N-dealkylation sites (tertiary alicyclic amines) is 1. The molecule has 2 N–H and O–H groups in total. The minimum atomic E-state index is -0.00340. The predicted octanol–water partition coefficient (Wildman–Crippen LogP) is 3.64. The van der Waals surface area contributed by atoms with Crippen LogP contribution in [0, 0.1) is 0 Å². The number of ether oxygens (including phenoxy) is 2. The van der Waals surface area contributed by atoms with Gasteiger partial charge < -0.3 is 15.2 Å². The number of hydrogen-bond acceptors (Lipinski definition) is 7. The molecule has 1 saturated heterocycles. The van der Waals surface area contributed by atoms with Crippen LogP contribution in [0.15, 0.2) is 30.5 Å². The van der Waals surface area contributed by atoms with Gasteiger partial charge in [0, 0.05) is 26.7 Å². The molecule has 0 amide bonds. The smallest absolute Gasteiger partial charge is 0.320 e. The zero-order chi connectivity index (χ0) is 22.3. The molecule has 0 radical (unpaired) electrons. The Morgan fingerprint density at radius 3 is 2.44 bits per heavy atom. The van der Waals surface area contributed by atoms with E-state index < -0.39 is 0 Å². The van der Waals surface area contributed by atoms with Crippen molar-refractivity contribution in [3.05, 3.63) is 41.6 Å². The van der Waals surface area contributed by atoms with Gasteiger partial charge in [0.25, 0.3) is 0 Å². The van der Waals surface area contributed by atoms with Gasteiger partial charge in [-0.05, 0) is 43.5 Å². The molecular weight excluding hydrogens is 404 g/mol. The third kappa shape index (κ3) is 5.55. The first-order valence-electron chi connectivity index (χ1n) is 11.6. The molecule has 0 unspecified atom stereocenters. The van der Waals surface area contributed by atoms with Crippen LogP contribution in [0.3, 0.4) is 0 Å². The maximum Gasteiger partial charge on any atom is 0.320 e. The molecule has 1 aromatic carbocycles. The lowest BCUT2D eigenvalue weighted by Gasteiger charge is -2.17. The van der Waals surface area contributed by atoms with Gasteiger partial charge >= 0.3 is 6.01 Å². The molecule has 172 valence electrons. The van der Waals surface area contributed by atoms with Crippen molar-refractivity contribution in [3.8, 4) is 6.01 Å². The highest BCUT2D eigenvalue weighted by Crippen LogP contribution is 2.23. The number of hydrogen-bond donors (Lipinski definition) is 1. The summed E-state index contributed by atoms with van der Waals surface area (Å²) in [5.74, 6) is 0.388. The van der Waals surface area contributed by atoms with Crippen LogP contribution in [0.4, 0.5) is 5.82 Å². The van der Waals surface area contributed by atoms with Crippen molar-refractivity contribution in [1.29, 1.82) is 0 Å². The van der Waals surface area contributed by atoms with Crippen molar-refractivity contribution in [2.75, 3.05) is 32.5 Å². The summed E-state index contributed by atoms with van der Waals surface area (Å²) in [6.45, 7) is 6.82. The van der Waals surface area contributed by atoms with Crippen LogP contribution in [-0.4, -0.2) is 57.6 Å². The minimum Gasteiger partial charge on any atom is -0.460 e. The molecule has 4 rings (SSSR count). The molecular formula is C24H34N6O2.